The van der Waals surface area contributed by atoms with Crippen LogP contribution in [-0.2, 0) is 16.0 Å². The fourth-order valence-electron chi connectivity index (χ4n) is 2.66. The largest absolute Gasteiger partial charge is 0.462 e. The van der Waals surface area contributed by atoms with Gasteiger partial charge in [0.05, 0.1) is 16.7 Å². The molecule has 0 bridgehead atoms. The van der Waals surface area contributed by atoms with E-state index in [0.717, 1.165) is 5.56 Å². The number of aromatic nitrogens is 1. The summed E-state index contributed by atoms with van der Waals surface area (Å²) in [6.07, 6.45) is 2.13. The van der Waals surface area contributed by atoms with Crippen LogP contribution in [0.2, 0.25) is 10.0 Å². The lowest BCUT2D eigenvalue weighted by molar-refractivity contribution is -0.138. The van der Waals surface area contributed by atoms with E-state index in [0.29, 0.717) is 28.3 Å². The third kappa shape index (κ3) is 2.80. The average molecular weight is 350 g/mol. The Bertz CT molecular complexity index is 823. The molecule has 3 rings (SSSR count). The number of Topliss-reactive ketones (excluding diaryl/α,β-unsaturated/α-hetero) is 1. The molecule has 0 amide bonds. The normalized spacial score (nSPS) is 14.0. The first-order valence-electron chi connectivity index (χ1n) is 7.09. The number of ether oxygens (including phenoxy) is 1. The molecular weight excluding hydrogens is 337 g/mol. The van der Waals surface area contributed by atoms with E-state index in [1.54, 1.807) is 25.3 Å². The predicted molar refractivity (Wildman–Crippen MR) is 88.8 cm³/mol. The maximum Gasteiger partial charge on any atom is 0.342 e. The molecule has 1 aliphatic rings. The van der Waals surface area contributed by atoms with Gasteiger partial charge in [0.25, 0.3) is 0 Å². The van der Waals surface area contributed by atoms with Crippen molar-refractivity contribution in [1.29, 1.82) is 0 Å². The van der Waals surface area contributed by atoms with Gasteiger partial charge in [-0.3, -0.25) is 4.79 Å². The molecule has 0 saturated carbocycles. The zero-order valence-corrected chi connectivity index (χ0v) is 13.8. The molecule has 23 heavy (non-hydrogen) atoms. The zero-order valence-electron chi connectivity index (χ0n) is 12.3. The summed E-state index contributed by atoms with van der Waals surface area (Å²) in [5.41, 5.74) is 2.47. The molecule has 0 aliphatic heterocycles. The number of carbonyl (C=O) groups excluding carboxylic acids is 2. The van der Waals surface area contributed by atoms with E-state index in [-0.39, 0.29) is 17.2 Å². The van der Waals surface area contributed by atoms with Crippen molar-refractivity contribution in [2.24, 2.45) is 0 Å². The quantitative estimate of drug-likeness (QED) is 0.670. The first kappa shape index (κ1) is 15.8. The van der Waals surface area contributed by atoms with E-state index in [4.69, 9.17) is 27.9 Å². The van der Waals surface area contributed by atoms with Crippen molar-refractivity contribution < 1.29 is 14.3 Å². The number of esters is 1. The summed E-state index contributed by atoms with van der Waals surface area (Å²) in [6.45, 7) is 1.90. The number of H-pyrrole nitrogens is 1. The Kier molecular flexibility index (Phi) is 4.28. The van der Waals surface area contributed by atoms with Gasteiger partial charge in [0, 0.05) is 23.9 Å². The summed E-state index contributed by atoms with van der Waals surface area (Å²) in [6, 6.07) is 6.79. The van der Waals surface area contributed by atoms with Gasteiger partial charge in [0.15, 0.2) is 0 Å². The lowest BCUT2D eigenvalue weighted by Crippen LogP contribution is -2.23. The van der Waals surface area contributed by atoms with Crippen LogP contribution in [0.25, 0.3) is 5.57 Å². The van der Waals surface area contributed by atoms with Gasteiger partial charge < -0.3 is 9.72 Å². The summed E-state index contributed by atoms with van der Waals surface area (Å²) in [5.74, 6) is -1.02. The SMILES string of the molecule is CCOC(=O)C1=C(c2ccc[nH]2)Cc2cc(Cl)c(Cl)cc2C1=O. The molecule has 0 atom stereocenters. The highest BCUT2D eigenvalue weighted by molar-refractivity contribution is 6.42. The summed E-state index contributed by atoms with van der Waals surface area (Å²) in [5, 5.41) is 0.661. The van der Waals surface area contributed by atoms with Crippen LogP contribution in [0, 0.1) is 0 Å². The molecule has 1 N–H and O–H groups in total. The number of hydrogen-bond acceptors (Lipinski definition) is 3. The number of nitrogens with one attached hydrogen (secondary N) is 1. The number of aromatic amines is 1. The van der Waals surface area contributed by atoms with Crippen LogP contribution in [-0.4, -0.2) is 23.3 Å². The van der Waals surface area contributed by atoms with Crippen LogP contribution in [0.3, 0.4) is 0 Å². The molecule has 1 aromatic heterocycles. The highest BCUT2D eigenvalue weighted by atomic mass is 35.5. The molecule has 1 aromatic carbocycles. The average Bonchev–Trinajstić information content (AvgIpc) is 3.03. The van der Waals surface area contributed by atoms with Gasteiger partial charge in [-0.15, -0.1) is 0 Å². The van der Waals surface area contributed by atoms with Gasteiger partial charge >= 0.3 is 5.97 Å². The fourth-order valence-corrected chi connectivity index (χ4v) is 3.01. The van der Waals surface area contributed by atoms with Crippen molar-refractivity contribution in [3.8, 4) is 0 Å². The molecule has 0 unspecified atom stereocenters. The maximum absolute atomic E-state index is 12.8. The molecular formula is C17H13Cl2NO3. The molecule has 6 heteroatoms. The van der Waals surface area contributed by atoms with Gasteiger partial charge in [-0.1, -0.05) is 23.2 Å². The number of benzene rings is 1. The molecule has 4 nitrogen and oxygen atoms in total. The van der Waals surface area contributed by atoms with E-state index in [1.807, 2.05) is 6.07 Å². The molecule has 1 aliphatic carbocycles. The molecule has 0 spiro atoms. The first-order chi connectivity index (χ1) is 11.0. The Morgan fingerprint density at radius 2 is 2.04 bits per heavy atom. The van der Waals surface area contributed by atoms with E-state index in [1.165, 1.54) is 6.07 Å². The standard InChI is InChI=1S/C17H13Cl2NO3/c1-2-23-17(22)15-11(14-4-3-5-20-14)6-9-7-12(18)13(19)8-10(9)16(15)21/h3-5,7-8,20H,2,6H2,1H3. The van der Waals surface area contributed by atoms with E-state index >= 15 is 0 Å². The van der Waals surface area contributed by atoms with E-state index in [2.05, 4.69) is 4.98 Å². The highest BCUT2D eigenvalue weighted by Crippen LogP contribution is 2.36. The summed E-state index contributed by atoms with van der Waals surface area (Å²) < 4.78 is 5.06. The molecule has 2 aromatic rings. The second kappa shape index (κ2) is 6.22. The monoisotopic (exact) mass is 349 g/mol. The van der Waals surface area contributed by atoms with Gasteiger partial charge in [-0.2, -0.15) is 0 Å². The number of halogens is 2. The highest BCUT2D eigenvalue weighted by Gasteiger charge is 2.33. The molecule has 0 fully saturated rings. The third-order valence-electron chi connectivity index (χ3n) is 3.69. The van der Waals surface area contributed by atoms with Crippen LogP contribution in [0.4, 0.5) is 0 Å². The van der Waals surface area contributed by atoms with Crippen LogP contribution >= 0.6 is 23.2 Å². The van der Waals surface area contributed by atoms with Crippen molar-refractivity contribution in [3.05, 3.63) is 62.9 Å². The van der Waals surface area contributed by atoms with Crippen molar-refractivity contribution in [2.45, 2.75) is 13.3 Å². The predicted octanol–water partition coefficient (Wildman–Crippen LogP) is 4.08. The summed E-state index contributed by atoms with van der Waals surface area (Å²) in [4.78, 5) is 28.2. The van der Waals surface area contributed by atoms with E-state index in [9.17, 15) is 9.59 Å². The molecule has 118 valence electrons. The molecule has 1 heterocycles. The smallest absolute Gasteiger partial charge is 0.342 e. The second-order valence-corrected chi connectivity index (χ2v) is 5.90. The number of fused-ring (bicyclic) bond motifs is 1. The Morgan fingerprint density at radius 3 is 2.70 bits per heavy atom. The maximum atomic E-state index is 12.8. The first-order valence-corrected chi connectivity index (χ1v) is 7.85. The topological polar surface area (TPSA) is 59.2 Å². The summed E-state index contributed by atoms with van der Waals surface area (Å²) in [7, 11) is 0. The van der Waals surface area contributed by atoms with Gasteiger partial charge in [-0.05, 0) is 42.3 Å². The third-order valence-corrected chi connectivity index (χ3v) is 4.41. The minimum Gasteiger partial charge on any atom is -0.462 e. The fraction of sp³-hybridized carbons (Fsp3) is 0.176. The number of carbonyl (C=O) groups is 2. The van der Waals surface area contributed by atoms with Crippen LogP contribution in [0.1, 0.15) is 28.5 Å². The second-order valence-electron chi connectivity index (χ2n) is 5.09. The van der Waals surface area contributed by atoms with Crippen LogP contribution in [0.5, 0.6) is 0 Å². The number of hydrogen-bond donors (Lipinski definition) is 1. The van der Waals surface area contributed by atoms with Crippen LogP contribution in [0.15, 0.2) is 36.0 Å². The minimum absolute atomic E-state index is 0.0418. The number of rotatable bonds is 3. The van der Waals surface area contributed by atoms with Crippen molar-refractivity contribution in [3.63, 3.8) is 0 Å². The Balaban J connectivity index is 2.19. The number of allylic oxidation sites excluding steroid dienone is 1. The van der Waals surface area contributed by atoms with Crippen molar-refractivity contribution in [1.82, 2.24) is 4.98 Å². The Morgan fingerprint density at radius 1 is 1.30 bits per heavy atom. The minimum atomic E-state index is -0.626. The molecule has 0 radical (unpaired) electrons. The zero-order chi connectivity index (χ0) is 16.6. The van der Waals surface area contributed by atoms with Gasteiger partial charge in [0.1, 0.15) is 5.57 Å². The van der Waals surface area contributed by atoms with Crippen molar-refractivity contribution >= 4 is 40.5 Å². The van der Waals surface area contributed by atoms with Gasteiger partial charge in [0.2, 0.25) is 5.78 Å². The van der Waals surface area contributed by atoms with E-state index < -0.39 is 11.8 Å². The Labute approximate surface area is 143 Å². The van der Waals surface area contributed by atoms with Crippen LogP contribution < -0.4 is 0 Å². The number of ketones is 1. The van der Waals surface area contributed by atoms with Crippen molar-refractivity contribution in [2.75, 3.05) is 6.61 Å². The molecule has 0 saturated heterocycles. The Hall–Kier alpha value is -2.04. The lowest BCUT2D eigenvalue weighted by atomic mass is 9.83. The summed E-state index contributed by atoms with van der Waals surface area (Å²) >= 11 is 12.1. The lowest BCUT2D eigenvalue weighted by Gasteiger charge is -2.21. The van der Waals surface area contributed by atoms with Gasteiger partial charge in [-0.25, -0.2) is 4.79 Å².